The highest BCUT2D eigenvalue weighted by Gasteiger charge is 2.36. The average Bonchev–Trinajstić information content (AvgIpc) is 3.34. The summed E-state index contributed by atoms with van der Waals surface area (Å²) in [5.41, 5.74) is 0.623. The van der Waals surface area contributed by atoms with Gasteiger partial charge in [0.25, 0.3) is 0 Å². The number of hydrogen-bond acceptors (Lipinski definition) is 10. The predicted octanol–water partition coefficient (Wildman–Crippen LogP) is -1.54. The third kappa shape index (κ3) is 8.34. The maximum absolute atomic E-state index is 11.9. The van der Waals surface area contributed by atoms with E-state index in [0.29, 0.717) is 44.2 Å². The number of aliphatic carboxylic acids is 3. The van der Waals surface area contributed by atoms with Crippen molar-refractivity contribution in [1.29, 1.82) is 0 Å². The molecule has 0 amide bonds. The van der Waals surface area contributed by atoms with Crippen LogP contribution in [0.5, 0.6) is 0 Å². The second kappa shape index (κ2) is 13.6. The van der Waals surface area contributed by atoms with Crippen LogP contribution in [-0.4, -0.2) is 140 Å². The summed E-state index contributed by atoms with van der Waals surface area (Å²) >= 11 is 0. The molecule has 14 nitrogen and oxygen atoms in total. The van der Waals surface area contributed by atoms with Gasteiger partial charge in [0.2, 0.25) is 0 Å². The van der Waals surface area contributed by atoms with E-state index in [0.717, 1.165) is 0 Å². The van der Waals surface area contributed by atoms with E-state index in [2.05, 4.69) is 25.5 Å². The Hall–Kier alpha value is -3.46. The Bertz CT molecular complexity index is 976. The zero-order valence-corrected chi connectivity index (χ0v) is 19.9. The van der Waals surface area contributed by atoms with Crippen LogP contribution in [0, 0.1) is 0 Å². The minimum absolute atomic E-state index is 0.176. The molecule has 0 spiro atoms. The number of aromatic amines is 1. The van der Waals surface area contributed by atoms with Crippen LogP contribution >= 0.6 is 0 Å². The number of carboxylic acid groups (broad SMARTS) is 3. The summed E-state index contributed by atoms with van der Waals surface area (Å²) in [5, 5.41) is 38.7. The van der Waals surface area contributed by atoms with Crippen molar-refractivity contribution in [2.45, 2.75) is 12.0 Å². The summed E-state index contributed by atoms with van der Waals surface area (Å²) in [6, 6.07) is 4.83. The van der Waals surface area contributed by atoms with Gasteiger partial charge in [-0.2, -0.15) is 5.10 Å². The van der Waals surface area contributed by atoms with Crippen LogP contribution in [0.25, 0.3) is 0 Å². The van der Waals surface area contributed by atoms with Gasteiger partial charge in [0.15, 0.2) is 0 Å². The van der Waals surface area contributed by atoms with Crippen LogP contribution < -0.4 is 5.32 Å². The SMILES string of the molecule is O=C(O)CN1CCNCCN(CC(=O)O)CC(C(c2ccccn2)c2ncn[nH]2)N(CC(=O)O)CC1. The first-order valence-electron chi connectivity index (χ1n) is 11.6. The molecular weight excluding hydrogens is 472 g/mol. The molecule has 2 atom stereocenters. The van der Waals surface area contributed by atoms with Gasteiger partial charge >= 0.3 is 17.9 Å². The van der Waals surface area contributed by atoms with E-state index in [1.807, 2.05) is 12.1 Å². The highest BCUT2D eigenvalue weighted by atomic mass is 16.4. The normalized spacial score (nSPS) is 20.2. The highest BCUT2D eigenvalue weighted by Crippen LogP contribution is 2.28. The number of nitrogens with zero attached hydrogens (tertiary/aromatic N) is 6. The monoisotopic (exact) mass is 504 g/mol. The molecule has 0 aliphatic carbocycles. The largest absolute Gasteiger partial charge is 0.480 e. The number of rotatable bonds is 9. The van der Waals surface area contributed by atoms with Gasteiger partial charge in [0.05, 0.1) is 31.2 Å². The second-order valence-corrected chi connectivity index (χ2v) is 8.58. The molecule has 1 fully saturated rings. The number of hydrogen-bond donors (Lipinski definition) is 5. The molecule has 36 heavy (non-hydrogen) atoms. The Morgan fingerprint density at radius 3 is 2.22 bits per heavy atom. The van der Waals surface area contributed by atoms with Crippen LogP contribution in [0.3, 0.4) is 0 Å². The summed E-state index contributed by atoms with van der Waals surface area (Å²) in [4.78, 5) is 49.1. The lowest BCUT2D eigenvalue weighted by Crippen LogP contribution is -2.54. The third-order valence-corrected chi connectivity index (χ3v) is 6.00. The number of nitrogens with one attached hydrogen (secondary N) is 2. The van der Waals surface area contributed by atoms with Crippen molar-refractivity contribution in [3.8, 4) is 0 Å². The Morgan fingerprint density at radius 2 is 1.61 bits per heavy atom. The lowest BCUT2D eigenvalue weighted by Gasteiger charge is -2.39. The van der Waals surface area contributed by atoms with Crippen molar-refractivity contribution in [3.05, 3.63) is 42.2 Å². The molecule has 1 aliphatic heterocycles. The van der Waals surface area contributed by atoms with Crippen LogP contribution in [-0.2, 0) is 14.4 Å². The summed E-state index contributed by atoms with van der Waals surface area (Å²) < 4.78 is 0. The first kappa shape index (κ1) is 27.1. The molecule has 3 heterocycles. The van der Waals surface area contributed by atoms with Crippen molar-refractivity contribution in [3.63, 3.8) is 0 Å². The lowest BCUT2D eigenvalue weighted by molar-refractivity contribution is -0.141. The second-order valence-electron chi connectivity index (χ2n) is 8.58. The quantitative estimate of drug-likeness (QED) is 0.265. The Morgan fingerprint density at radius 1 is 0.917 bits per heavy atom. The number of pyridine rings is 1. The van der Waals surface area contributed by atoms with E-state index in [1.54, 1.807) is 27.0 Å². The van der Waals surface area contributed by atoms with Crippen LogP contribution in [0.4, 0.5) is 0 Å². The van der Waals surface area contributed by atoms with Gasteiger partial charge in [-0.1, -0.05) is 6.07 Å². The minimum Gasteiger partial charge on any atom is -0.480 e. The zero-order valence-electron chi connectivity index (χ0n) is 19.9. The molecule has 1 aliphatic rings. The number of aromatic nitrogens is 4. The average molecular weight is 505 g/mol. The highest BCUT2D eigenvalue weighted by molar-refractivity contribution is 5.70. The summed E-state index contributed by atoms with van der Waals surface area (Å²) in [6.45, 7) is 1.87. The molecule has 196 valence electrons. The molecule has 5 N–H and O–H groups in total. The van der Waals surface area contributed by atoms with E-state index in [1.165, 1.54) is 6.33 Å². The topological polar surface area (TPSA) is 188 Å². The van der Waals surface area contributed by atoms with Crippen LogP contribution in [0.15, 0.2) is 30.7 Å². The number of carboxylic acids is 3. The molecule has 0 saturated carbocycles. The molecule has 0 aromatic carbocycles. The molecule has 3 rings (SSSR count). The van der Waals surface area contributed by atoms with Gasteiger partial charge in [-0.05, 0) is 12.1 Å². The van der Waals surface area contributed by atoms with E-state index >= 15 is 0 Å². The molecule has 2 unspecified atom stereocenters. The van der Waals surface area contributed by atoms with E-state index in [4.69, 9.17) is 0 Å². The van der Waals surface area contributed by atoms with Crippen molar-refractivity contribution in [2.75, 3.05) is 65.4 Å². The molecule has 1 saturated heterocycles. The lowest BCUT2D eigenvalue weighted by atomic mass is 9.92. The standard InChI is InChI=1S/C22H32N8O6/c31-18(32)12-28-7-5-23-6-8-29(13-19(33)34)11-17(30(10-9-28)14-20(35)36)21(22-25-15-26-27-22)16-3-1-2-4-24-16/h1-4,15,17,21,23H,5-14H2,(H,31,32)(H,33,34)(H,35,36)(H,25,26,27). The third-order valence-electron chi connectivity index (χ3n) is 6.00. The van der Waals surface area contributed by atoms with Crippen LogP contribution in [0.2, 0.25) is 0 Å². The molecule has 0 bridgehead atoms. The predicted molar refractivity (Wildman–Crippen MR) is 126 cm³/mol. The Balaban J connectivity index is 2.04. The first-order valence-corrected chi connectivity index (χ1v) is 11.6. The molecule has 2 aromatic rings. The van der Waals surface area contributed by atoms with Crippen molar-refractivity contribution in [2.24, 2.45) is 0 Å². The molecule has 0 radical (unpaired) electrons. The maximum atomic E-state index is 11.9. The Kier molecular flexibility index (Phi) is 10.2. The molecule has 14 heteroatoms. The van der Waals surface area contributed by atoms with E-state index < -0.39 is 29.9 Å². The van der Waals surface area contributed by atoms with Gasteiger partial charge in [0.1, 0.15) is 12.2 Å². The fourth-order valence-electron chi connectivity index (χ4n) is 4.43. The van der Waals surface area contributed by atoms with Crippen LogP contribution in [0.1, 0.15) is 17.4 Å². The minimum atomic E-state index is -1.05. The number of H-pyrrole nitrogens is 1. The first-order chi connectivity index (χ1) is 17.3. The summed E-state index contributed by atoms with van der Waals surface area (Å²) in [5.74, 6) is -3.10. The fourth-order valence-corrected chi connectivity index (χ4v) is 4.43. The van der Waals surface area contributed by atoms with Gasteiger partial charge in [0, 0.05) is 58.1 Å². The fraction of sp³-hybridized carbons (Fsp3) is 0.545. The zero-order chi connectivity index (χ0) is 25.9. The van der Waals surface area contributed by atoms with Crippen molar-refractivity contribution in [1.82, 2.24) is 40.2 Å². The molecular formula is C22H32N8O6. The van der Waals surface area contributed by atoms with Gasteiger partial charge < -0.3 is 20.6 Å². The van der Waals surface area contributed by atoms with E-state index in [9.17, 15) is 29.7 Å². The summed E-state index contributed by atoms with van der Waals surface area (Å²) in [7, 11) is 0. The maximum Gasteiger partial charge on any atom is 0.317 e. The molecule has 2 aromatic heterocycles. The smallest absolute Gasteiger partial charge is 0.317 e. The van der Waals surface area contributed by atoms with Crippen molar-refractivity contribution >= 4 is 17.9 Å². The summed E-state index contributed by atoms with van der Waals surface area (Å²) in [6.07, 6.45) is 2.99. The van der Waals surface area contributed by atoms with Gasteiger partial charge in [-0.3, -0.25) is 39.2 Å². The van der Waals surface area contributed by atoms with E-state index in [-0.39, 0.29) is 32.7 Å². The van der Waals surface area contributed by atoms with Gasteiger partial charge in [-0.25, -0.2) is 4.98 Å². The van der Waals surface area contributed by atoms with Gasteiger partial charge in [-0.15, -0.1) is 0 Å². The van der Waals surface area contributed by atoms with Crippen molar-refractivity contribution < 1.29 is 29.7 Å². The number of carbonyl (C=O) groups is 3. The Labute approximate surface area is 207 Å².